The zero-order valence-corrected chi connectivity index (χ0v) is 15.4. The Labute approximate surface area is 151 Å². The Hall–Kier alpha value is -2.25. The second-order valence-corrected chi connectivity index (χ2v) is 6.86. The van der Waals surface area contributed by atoms with Gasteiger partial charge in [0.05, 0.1) is 17.9 Å². The van der Waals surface area contributed by atoms with E-state index in [1.165, 1.54) is 6.07 Å². The highest BCUT2D eigenvalue weighted by Gasteiger charge is 2.31. The lowest BCUT2D eigenvalue weighted by Gasteiger charge is -2.18. The van der Waals surface area contributed by atoms with E-state index in [0.29, 0.717) is 13.0 Å². The summed E-state index contributed by atoms with van der Waals surface area (Å²) in [6.45, 7) is 7.48. The standard InChI is InChI=1S/C18H25F3N2O3/c1-5-10-26-14-7-6-12(18(19,20)21)11-13(14)23-15(24)8-9-22-16(25)17(2,3)4/h6-7,11H,5,8-10H2,1-4H3,(H,22,25)(H,23,24). The van der Waals surface area contributed by atoms with Gasteiger partial charge in [0, 0.05) is 18.4 Å². The van der Waals surface area contributed by atoms with Crippen molar-refractivity contribution in [1.82, 2.24) is 5.32 Å². The Balaban J connectivity index is 2.78. The number of hydrogen-bond acceptors (Lipinski definition) is 3. The van der Waals surface area contributed by atoms with Crippen molar-refractivity contribution in [3.05, 3.63) is 23.8 Å². The molecule has 5 nitrogen and oxygen atoms in total. The molecule has 8 heteroatoms. The predicted octanol–water partition coefficient (Wildman–Crippen LogP) is 3.99. The summed E-state index contributed by atoms with van der Waals surface area (Å²) in [5.41, 5.74) is -1.50. The van der Waals surface area contributed by atoms with Gasteiger partial charge in [-0.1, -0.05) is 27.7 Å². The second-order valence-electron chi connectivity index (χ2n) is 6.86. The lowest BCUT2D eigenvalue weighted by Crippen LogP contribution is -2.36. The quantitative estimate of drug-likeness (QED) is 0.758. The van der Waals surface area contributed by atoms with Gasteiger partial charge in [-0.15, -0.1) is 0 Å². The molecule has 0 aromatic heterocycles. The minimum atomic E-state index is -4.52. The molecule has 0 bridgehead atoms. The van der Waals surface area contributed by atoms with Gasteiger partial charge < -0.3 is 15.4 Å². The highest BCUT2D eigenvalue weighted by molar-refractivity contribution is 5.93. The van der Waals surface area contributed by atoms with Crippen LogP contribution in [0.5, 0.6) is 5.75 Å². The molecule has 1 rings (SSSR count). The first-order chi connectivity index (χ1) is 11.9. The molecule has 2 amide bonds. The minimum absolute atomic E-state index is 0.0413. The fourth-order valence-electron chi connectivity index (χ4n) is 1.91. The summed E-state index contributed by atoms with van der Waals surface area (Å²) in [4.78, 5) is 23.8. The second kappa shape index (κ2) is 8.91. The molecule has 0 unspecified atom stereocenters. The summed E-state index contributed by atoms with van der Waals surface area (Å²) in [6, 6.07) is 2.94. The van der Waals surface area contributed by atoms with Gasteiger partial charge in [0.25, 0.3) is 0 Å². The van der Waals surface area contributed by atoms with Gasteiger partial charge in [-0.05, 0) is 24.6 Å². The van der Waals surface area contributed by atoms with E-state index in [2.05, 4.69) is 10.6 Å². The Morgan fingerprint density at radius 2 is 1.81 bits per heavy atom. The average molecular weight is 374 g/mol. The van der Waals surface area contributed by atoms with Crippen LogP contribution in [0, 0.1) is 5.41 Å². The summed E-state index contributed by atoms with van der Waals surface area (Å²) >= 11 is 0. The molecule has 0 fully saturated rings. The summed E-state index contributed by atoms with van der Waals surface area (Å²) in [5, 5.41) is 5.04. The molecule has 0 radical (unpaired) electrons. The molecular weight excluding hydrogens is 349 g/mol. The first kappa shape index (κ1) is 21.8. The molecule has 146 valence electrons. The smallest absolute Gasteiger partial charge is 0.416 e. The van der Waals surface area contributed by atoms with Crippen LogP contribution < -0.4 is 15.4 Å². The van der Waals surface area contributed by atoms with E-state index < -0.39 is 23.1 Å². The monoisotopic (exact) mass is 374 g/mol. The van der Waals surface area contributed by atoms with Crippen molar-refractivity contribution < 1.29 is 27.5 Å². The van der Waals surface area contributed by atoms with Crippen molar-refractivity contribution >= 4 is 17.5 Å². The zero-order valence-electron chi connectivity index (χ0n) is 15.4. The SMILES string of the molecule is CCCOc1ccc(C(F)(F)F)cc1NC(=O)CCNC(=O)C(C)(C)C. The number of amides is 2. The number of nitrogens with one attached hydrogen (secondary N) is 2. The third-order valence-corrected chi connectivity index (χ3v) is 3.36. The number of anilines is 1. The lowest BCUT2D eigenvalue weighted by atomic mass is 9.96. The van der Waals surface area contributed by atoms with E-state index in [1.807, 2.05) is 6.92 Å². The molecule has 26 heavy (non-hydrogen) atoms. The van der Waals surface area contributed by atoms with Crippen molar-refractivity contribution in [3.8, 4) is 5.75 Å². The maximum atomic E-state index is 12.9. The molecule has 0 saturated heterocycles. The largest absolute Gasteiger partial charge is 0.491 e. The molecular formula is C18H25F3N2O3. The lowest BCUT2D eigenvalue weighted by molar-refractivity contribution is -0.137. The molecule has 2 N–H and O–H groups in total. The normalized spacial score (nSPS) is 11.8. The van der Waals surface area contributed by atoms with Gasteiger partial charge in [-0.25, -0.2) is 0 Å². The highest BCUT2D eigenvalue weighted by Crippen LogP contribution is 2.35. The Bertz CT molecular complexity index is 638. The van der Waals surface area contributed by atoms with Gasteiger partial charge >= 0.3 is 6.18 Å². The molecule has 1 aromatic carbocycles. The number of ether oxygens (including phenoxy) is 1. The minimum Gasteiger partial charge on any atom is -0.491 e. The average Bonchev–Trinajstić information content (AvgIpc) is 2.51. The van der Waals surface area contributed by atoms with E-state index in [-0.39, 0.29) is 30.3 Å². The van der Waals surface area contributed by atoms with Gasteiger partial charge in [0.1, 0.15) is 5.75 Å². The van der Waals surface area contributed by atoms with E-state index in [4.69, 9.17) is 4.74 Å². The van der Waals surface area contributed by atoms with Gasteiger partial charge in [0.15, 0.2) is 0 Å². The number of carbonyl (C=O) groups is 2. The van der Waals surface area contributed by atoms with E-state index in [1.54, 1.807) is 20.8 Å². The maximum absolute atomic E-state index is 12.9. The third kappa shape index (κ3) is 6.93. The molecule has 0 heterocycles. The van der Waals surface area contributed by atoms with Crippen LogP contribution in [-0.2, 0) is 15.8 Å². The molecule has 0 aliphatic heterocycles. The number of carbonyl (C=O) groups excluding carboxylic acids is 2. The first-order valence-corrected chi connectivity index (χ1v) is 8.37. The van der Waals surface area contributed by atoms with Crippen LogP contribution in [0.3, 0.4) is 0 Å². The van der Waals surface area contributed by atoms with Gasteiger partial charge in [0.2, 0.25) is 11.8 Å². The fourth-order valence-corrected chi connectivity index (χ4v) is 1.91. The summed E-state index contributed by atoms with van der Waals surface area (Å²) < 4.78 is 44.1. The van der Waals surface area contributed by atoms with Crippen LogP contribution in [0.4, 0.5) is 18.9 Å². The Kier molecular flexibility index (Phi) is 7.47. The van der Waals surface area contributed by atoms with Crippen LogP contribution in [0.1, 0.15) is 46.1 Å². The van der Waals surface area contributed by atoms with Crippen molar-refractivity contribution in [2.75, 3.05) is 18.5 Å². The Morgan fingerprint density at radius 3 is 2.35 bits per heavy atom. The Morgan fingerprint density at radius 1 is 1.15 bits per heavy atom. The molecule has 1 aromatic rings. The summed E-state index contributed by atoms with van der Waals surface area (Å²) in [7, 11) is 0. The van der Waals surface area contributed by atoms with E-state index in [9.17, 15) is 22.8 Å². The highest BCUT2D eigenvalue weighted by atomic mass is 19.4. The molecule has 0 atom stereocenters. The molecule has 0 aliphatic rings. The van der Waals surface area contributed by atoms with Gasteiger partial charge in [-0.2, -0.15) is 13.2 Å². The van der Waals surface area contributed by atoms with Crippen LogP contribution in [-0.4, -0.2) is 25.0 Å². The van der Waals surface area contributed by atoms with Crippen molar-refractivity contribution in [3.63, 3.8) is 0 Å². The summed E-state index contributed by atoms with van der Waals surface area (Å²) in [5.74, 6) is -0.553. The van der Waals surface area contributed by atoms with E-state index in [0.717, 1.165) is 12.1 Å². The van der Waals surface area contributed by atoms with Crippen molar-refractivity contribution in [1.29, 1.82) is 0 Å². The van der Waals surface area contributed by atoms with Crippen LogP contribution in [0.2, 0.25) is 0 Å². The van der Waals surface area contributed by atoms with Crippen LogP contribution >= 0.6 is 0 Å². The number of hydrogen-bond donors (Lipinski definition) is 2. The molecule has 0 spiro atoms. The maximum Gasteiger partial charge on any atom is 0.416 e. The number of halogens is 3. The third-order valence-electron chi connectivity index (χ3n) is 3.36. The summed E-state index contributed by atoms with van der Waals surface area (Å²) in [6.07, 6.45) is -3.91. The number of benzene rings is 1. The number of alkyl halides is 3. The predicted molar refractivity (Wildman–Crippen MR) is 92.9 cm³/mol. The first-order valence-electron chi connectivity index (χ1n) is 8.37. The van der Waals surface area contributed by atoms with E-state index >= 15 is 0 Å². The van der Waals surface area contributed by atoms with Crippen molar-refractivity contribution in [2.24, 2.45) is 5.41 Å². The molecule has 0 saturated carbocycles. The van der Waals surface area contributed by atoms with Crippen LogP contribution in [0.15, 0.2) is 18.2 Å². The van der Waals surface area contributed by atoms with Crippen molar-refractivity contribution in [2.45, 2.75) is 46.7 Å². The zero-order chi connectivity index (χ0) is 20.0. The number of rotatable bonds is 7. The van der Waals surface area contributed by atoms with Gasteiger partial charge in [-0.3, -0.25) is 9.59 Å². The van der Waals surface area contributed by atoms with Crippen LogP contribution in [0.25, 0.3) is 0 Å². The molecule has 0 aliphatic carbocycles. The topological polar surface area (TPSA) is 67.4 Å². The fraction of sp³-hybridized carbons (Fsp3) is 0.556.